The topological polar surface area (TPSA) is 12.9 Å². The Morgan fingerprint density at radius 2 is 1.71 bits per heavy atom. The van der Waals surface area contributed by atoms with Gasteiger partial charge < -0.3 is 0 Å². The Hall–Kier alpha value is -1.28. The minimum absolute atomic E-state index is 0.656. The summed E-state index contributed by atoms with van der Waals surface area (Å²) in [6.07, 6.45) is 11.3. The Balaban J connectivity index is 2.32. The molecule has 1 aromatic carbocycles. The zero-order valence-corrected chi connectivity index (χ0v) is 14.7. The molecular formula is C19H27NS. The van der Waals surface area contributed by atoms with E-state index < -0.39 is 10.0 Å². The highest BCUT2D eigenvalue weighted by atomic mass is 32.3. The molecule has 0 aliphatic carbocycles. The van der Waals surface area contributed by atoms with Gasteiger partial charge in [-0.15, -0.1) is 0 Å². The highest BCUT2D eigenvalue weighted by molar-refractivity contribution is 8.32. The van der Waals surface area contributed by atoms with Gasteiger partial charge in [0.2, 0.25) is 0 Å². The first-order chi connectivity index (χ1) is 9.95. The van der Waals surface area contributed by atoms with E-state index in [0.29, 0.717) is 5.92 Å². The second-order valence-electron chi connectivity index (χ2n) is 6.36. The number of rotatable bonds is 5. The van der Waals surface area contributed by atoms with E-state index in [-0.39, 0.29) is 0 Å². The molecule has 2 aromatic rings. The Morgan fingerprint density at radius 1 is 1.00 bits per heavy atom. The fourth-order valence-electron chi connectivity index (χ4n) is 2.63. The van der Waals surface area contributed by atoms with Crippen LogP contribution in [0.1, 0.15) is 38.2 Å². The van der Waals surface area contributed by atoms with Gasteiger partial charge in [-0.05, 0) is 61.3 Å². The van der Waals surface area contributed by atoms with Crippen molar-refractivity contribution in [2.75, 3.05) is 18.8 Å². The molecule has 0 saturated carbocycles. The highest BCUT2D eigenvalue weighted by Crippen LogP contribution is 2.44. The summed E-state index contributed by atoms with van der Waals surface area (Å²) in [4.78, 5) is 6.05. The first-order valence-electron chi connectivity index (χ1n) is 7.70. The van der Waals surface area contributed by atoms with Crippen LogP contribution in [0.15, 0.2) is 47.5 Å². The average molecular weight is 301 g/mol. The molecule has 0 spiro atoms. The van der Waals surface area contributed by atoms with Crippen molar-refractivity contribution < 1.29 is 0 Å². The van der Waals surface area contributed by atoms with Crippen LogP contribution in [0.25, 0.3) is 11.3 Å². The number of nitrogens with zero attached hydrogens (tertiary/aromatic N) is 1. The first-order valence-corrected chi connectivity index (χ1v) is 10.6. The Bertz CT molecular complexity index is 577. The maximum Gasteiger partial charge on any atom is 0.0702 e. The smallest absolute Gasteiger partial charge is 0.0702 e. The van der Waals surface area contributed by atoms with Crippen molar-refractivity contribution in [2.45, 2.75) is 37.5 Å². The second kappa shape index (κ2) is 6.65. The van der Waals surface area contributed by atoms with Crippen molar-refractivity contribution in [1.82, 2.24) is 4.98 Å². The molecule has 0 bridgehead atoms. The fourth-order valence-corrected chi connectivity index (χ4v) is 3.47. The van der Waals surface area contributed by atoms with Gasteiger partial charge in [-0.1, -0.05) is 32.0 Å². The average Bonchev–Trinajstić information content (AvgIpc) is 2.48. The molecule has 0 atom stereocenters. The van der Waals surface area contributed by atoms with Crippen LogP contribution in [0.5, 0.6) is 0 Å². The van der Waals surface area contributed by atoms with Crippen LogP contribution in [-0.4, -0.2) is 23.8 Å². The maximum absolute atomic E-state index is 4.69. The summed E-state index contributed by atoms with van der Waals surface area (Å²) < 4.78 is 0. The minimum Gasteiger partial charge on any atom is -0.255 e. The van der Waals surface area contributed by atoms with Crippen molar-refractivity contribution in [3.63, 3.8) is 0 Å². The van der Waals surface area contributed by atoms with Crippen molar-refractivity contribution in [2.24, 2.45) is 0 Å². The molecule has 0 fully saturated rings. The van der Waals surface area contributed by atoms with Crippen LogP contribution >= 0.6 is 10.0 Å². The van der Waals surface area contributed by atoms with E-state index in [0.717, 1.165) is 5.69 Å². The molecule has 0 amide bonds. The lowest BCUT2D eigenvalue weighted by molar-refractivity contribution is 0.642. The minimum atomic E-state index is -0.694. The lowest BCUT2D eigenvalue weighted by Gasteiger charge is -2.25. The highest BCUT2D eigenvalue weighted by Gasteiger charge is 2.11. The van der Waals surface area contributed by atoms with E-state index in [2.05, 4.69) is 80.2 Å². The number of hydrogen-bond donors (Lipinski definition) is 0. The summed E-state index contributed by atoms with van der Waals surface area (Å²) in [5, 5.41) is 0. The van der Waals surface area contributed by atoms with Crippen molar-refractivity contribution in [3.8, 4) is 11.3 Å². The second-order valence-corrected chi connectivity index (χ2v) is 10.5. The van der Waals surface area contributed by atoms with Crippen LogP contribution in [0.2, 0.25) is 0 Å². The van der Waals surface area contributed by atoms with Gasteiger partial charge in [-0.25, -0.2) is 10.0 Å². The molecule has 0 N–H and O–H groups in total. The van der Waals surface area contributed by atoms with Crippen LogP contribution in [0, 0.1) is 0 Å². The molecule has 0 saturated heterocycles. The van der Waals surface area contributed by atoms with Crippen molar-refractivity contribution >= 4 is 10.0 Å². The van der Waals surface area contributed by atoms with Crippen LogP contribution in [-0.2, 0) is 0 Å². The van der Waals surface area contributed by atoms with Gasteiger partial charge in [-0.3, -0.25) is 4.98 Å². The Labute approximate surface area is 131 Å². The van der Waals surface area contributed by atoms with E-state index >= 15 is 0 Å². The van der Waals surface area contributed by atoms with Gasteiger partial charge in [0.1, 0.15) is 0 Å². The van der Waals surface area contributed by atoms with Gasteiger partial charge in [0, 0.05) is 16.7 Å². The van der Waals surface area contributed by atoms with Crippen LogP contribution in [0.3, 0.4) is 0 Å². The van der Waals surface area contributed by atoms with Crippen molar-refractivity contribution in [3.05, 3.63) is 48.2 Å². The number of aromatic nitrogens is 1. The van der Waals surface area contributed by atoms with E-state index in [1.54, 1.807) is 0 Å². The fraction of sp³-hybridized carbons (Fsp3) is 0.421. The van der Waals surface area contributed by atoms with E-state index in [4.69, 9.17) is 0 Å². The van der Waals surface area contributed by atoms with Crippen molar-refractivity contribution in [1.29, 1.82) is 0 Å². The number of benzene rings is 1. The molecule has 2 rings (SSSR count). The zero-order chi connectivity index (χ0) is 15.5. The summed E-state index contributed by atoms with van der Waals surface area (Å²) in [6, 6.07) is 13.3. The van der Waals surface area contributed by atoms with Crippen LogP contribution in [0.4, 0.5) is 0 Å². The molecule has 1 nitrogen and oxygen atoms in total. The maximum atomic E-state index is 4.69. The van der Waals surface area contributed by atoms with Gasteiger partial charge in [-0.2, -0.15) is 0 Å². The largest absolute Gasteiger partial charge is 0.255 e. The third kappa shape index (κ3) is 3.88. The quantitative estimate of drug-likeness (QED) is 0.689. The SMILES string of the molecule is CCC(CC)c1cccc(-c2ccc(S(C)(C)C)cn2)c1. The molecule has 0 radical (unpaired) electrons. The summed E-state index contributed by atoms with van der Waals surface area (Å²) >= 11 is 0. The zero-order valence-electron chi connectivity index (χ0n) is 13.9. The van der Waals surface area contributed by atoms with E-state index in [9.17, 15) is 0 Å². The normalized spacial score (nSPS) is 12.7. The molecule has 114 valence electrons. The molecule has 0 unspecified atom stereocenters. The Kier molecular flexibility index (Phi) is 5.10. The standard InChI is InChI=1S/C19H27NS/c1-6-15(7-2)16-9-8-10-17(13-16)19-12-11-18(14-20-19)21(3,4)5/h8-15H,6-7H2,1-5H3. The molecule has 21 heavy (non-hydrogen) atoms. The summed E-state index contributed by atoms with van der Waals surface area (Å²) in [7, 11) is -0.694. The lowest BCUT2D eigenvalue weighted by atomic mass is 9.92. The molecule has 1 aromatic heterocycles. The van der Waals surface area contributed by atoms with Gasteiger partial charge >= 0.3 is 0 Å². The molecule has 0 aliphatic heterocycles. The van der Waals surface area contributed by atoms with Crippen LogP contribution < -0.4 is 0 Å². The monoisotopic (exact) mass is 301 g/mol. The third-order valence-corrected chi connectivity index (χ3v) is 5.74. The molecule has 2 heteroatoms. The summed E-state index contributed by atoms with van der Waals surface area (Å²) in [5.74, 6) is 0.656. The predicted octanol–water partition coefficient (Wildman–Crippen LogP) is 5.71. The summed E-state index contributed by atoms with van der Waals surface area (Å²) in [6.45, 7) is 4.53. The lowest BCUT2D eigenvalue weighted by Crippen LogP contribution is -1.97. The van der Waals surface area contributed by atoms with Gasteiger partial charge in [0.25, 0.3) is 0 Å². The van der Waals surface area contributed by atoms with Gasteiger partial charge in [0.15, 0.2) is 0 Å². The van der Waals surface area contributed by atoms with Gasteiger partial charge in [0.05, 0.1) is 5.69 Å². The summed E-state index contributed by atoms with van der Waals surface area (Å²) in [5.41, 5.74) is 3.75. The molecular weight excluding hydrogens is 274 g/mol. The molecule has 1 heterocycles. The molecule has 0 aliphatic rings. The Morgan fingerprint density at radius 3 is 2.24 bits per heavy atom. The van der Waals surface area contributed by atoms with E-state index in [1.807, 2.05) is 0 Å². The number of pyridine rings is 1. The number of hydrogen-bond acceptors (Lipinski definition) is 1. The first kappa shape index (κ1) is 16.1. The van der Waals surface area contributed by atoms with E-state index in [1.165, 1.54) is 28.9 Å². The third-order valence-electron chi connectivity index (χ3n) is 4.08. The predicted molar refractivity (Wildman–Crippen MR) is 96.6 cm³/mol.